The molecule has 7 nitrogen and oxygen atoms in total. The Morgan fingerprint density at radius 2 is 1.81 bits per heavy atom. The van der Waals surface area contributed by atoms with Gasteiger partial charge < -0.3 is 9.73 Å². The Labute approximate surface area is 161 Å². The lowest BCUT2D eigenvalue weighted by atomic mass is 10.1. The molecule has 0 fully saturated rings. The SMILES string of the molecule is Cc1ccccc1-c1nnc(SCC(=O)Nc2ccccc2S(C)(=O)=O)o1. The summed E-state index contributed by atoms with van der Waals surface area (Å²) in [5.74, 6) is 0.0261. The van der Waals surface area contributed by atoms with E-state index in [1.54, 1.807) is 18.2 Å². The zero-order valence-corrected chi connectivity index (χ0v) is 16.3. The van der Waals surface area contributed by atoms with E-state index in [2.05, 4.69) is 15.5 Å². The Morgan fingerprint density at radius 1 is 1.11 bits per heavy atom. The minimum Gasteiger partial charge on any atom is -0.411 e. The minimum atomic E-state index is -3.44. The first-order valence-electron chi connectivity index (χ1n) is 7.96. The molecule has 0 saturated carbocycles. The second-order valence-corrected chi connectivity index (χ2v) is 8.70. The molecule has 0 aliphatic rings. The first-order chi connectivity index (χ1) is 12.8. The smallest absolute Gasteiger partial charge is 0.277 e. The number of sulfone groups is 1. The maximum absolute atomic E-state index is 12.2. The average Bonchev–Trinajstić information content (AvgIpc) is 3.09. The molecule has 27 heavy (non-hydrogen) atoms. The summed E-state index contributed by atoms with van der Waals surface area (Å²) in [5.41, 5.74) is 2.09. The van der Waals surface area contributed by atoms with Gasteiger partial charge >= 0.3 is 0 Å². The molecule has 1 amide bonds. The van der Waals surface area contributed by atoms with Crippen molar-refractivity contribution >= 4 is 33.2 Å². The molecule has 3 aromatic rings. The van der Waals surface area contributed by atoms with Crippen molar-refractivity contribution in [2.24, 2.45) is 0 Å². The Kier molecular flexibility index (Phi) is 5.62. The van der Waals surface area contributed by atoms with Gasteiger partial charge in [-0.25, -0.2) is 8.42 Å². The van der Waals surface area contributed by atoms with E-state index in [4.69, 9.17) is 4.42 Å². The van der Waals surface area contributed by atoms with Crippen LogP contribution in [0.15, 0.2) is 63.1 Å². The van der Waals surface area contributed by atoms with E-state index in [1.807, 2.05) is 31.2 Å². The van der Waals surface area contributed by atoms with Crippen molar-refractivity contribution in [3.05, 3.63) is 54.1 Å². The summed E-state index contributed by atoms with van der Waals surface area (Å²) in [7, 11) is -3.44. The summed E-state index contributed by atoms with van der Waals surface area (Å²) in [5, 5.41) is 10.8. The zero-order valence-electron chi connectivity index (χ0n) is 14.7. The maximum atomic E-state index is 12.2. The number of carbonyl (C=O) groups is 1. The predicted octanol–water partition coefficient (Wildman–Crippen LogP) is 3.18. The summed E-state index contributed by atoms with van der Waals surface area (Å²) < 4.78 is 29.2. The van der Waals surface area contributed by atoms with Crippen LogP contribution in [0, 0.1) is 6.92 Å². The van der Waals surface area contributed by atoms with Gasteiger partial charge in [-0.15, -0.1) is 10.2 Å². The van der Waals surface area contributed by atoms with Crippen LogP contribution in [-0.2, 0) is 14.6 Å². The number of nitrogens with one attached hydrogen (secondary N) is 1. The Morgan fingerprint density at radius 3 is 2.56 bits per heavy atom. The molecule has 2 aromatic carbocycles. The summed E-state index contributed by atoms with van der Waals surface area (Å²) in [4.78, 5) is 12.3. The van der Waals surface area contributed by atoms with E-state index in [-0.39, 0.29) is 27.5 Å². The Bertz CT molecular complexity index is 1080. The molecule has 0 bridgehead atoms. The van der Waals surface area contributed by atoms with Gasteiger partial charge in [0, 0.05) is 11.8 Å². The topological polar surface area (TPSA) is 102 Å². The molecular weight excluding hydrogens is 386 g/mol. The molecule has 0 atom stereocenters. The third kappa shape index (κ3) is 4.75. The third-order valence-corrected chi connectivity index (χ3v) is 5.64. The van der Waals surface area contributed by atoms with Gasteiger partial charge in [0.05, 0.1) is 16.3 Å². The van der Waals surface area contributed by atoms with Gasteiger partial charge in [-0.1, -0.05) is 42.1 Å². The zero-order chi connectivity index (χ0) is 19.4. The number of aromatic nitrogens is 2. The number of amides is 1. The molecular formula is C18H17N3O4S2. The Hall–Kier alpha value is -2.65. The fourth-order valence-corrected chi connectivity index (χ4v) is 3.80. The largest absolute Gasteiger partial charge is 0.411 e. The molecule has 1 aromatic heterocycles. The number of carbonyl (C=O) groups excluding carboxylic acids is 1. The molecule has 140 valence electrons. The molecule has 0 unspecified atom stereocenters. The van der Waals surface area contributed by atoms with Crippen LogP contribution in [0.25, 0.3) is 11.5 Å². The van der Waals surface area contributed by atoms with Crippen molar-refractivity contribution < 1.29 is 17.6 Å². The van der Waals surface area contributed by atoms with Crippen LogP contribution < -0.4 is 5.32 Å². The summed E-state index contributed by atoms with van der Waals surface area (Å²) >= 11 is 1.08. The molecule has 3 rings (SSSR count). The van der Waals surface area contributed by atoms with Gasteiger partial charge in [0.25, 0.3) is 5.22 Å². The first-order valence-corrected chi connectivity index (χ1v) is 10.8. The van der Waals surface area contributed by atoms with E-state index in [9.17, 15) is 13.2 Å². The van der Waals surface area contributed by atoms with Gasteiger partial charge in [0.1, 0.15) is 0 Å². The molecule has 0 aliphatic heterocycles. The van der Waals surface area contributed by atoms with Crippen molar-refractivity contribution in [1.82, 2.24) is 10.2 Å². The lowest BCUT2D eigenvalue weighted by Gasteiger charge is -2.08. The van der Waals surface area contributed by atoms with Crippen LogP contribution in [0.3, 0.4) is 0 Å². The molecule has 0 radical (unpaired) electrons. The van der Waals surface area contributed by atoms with E-state index >= 15 is 0 Å². The van der Waals surface area contributed by atoms with E-state index in [0.29, 0.717) is 5.89 Å². The van der Waals surface area contributed by atoms with Crippen LogP contribution >= 0.6 is 11.8 Å². The quantitative estimate of drug-likeness (QED) is 0.631. The standard InChI is InChI=1S/C18H17N3O4S2/c1-12-7-3-4-8-13(12)17-20-21-18(25-17)26-11-16(22)19-14-9-5-6-10-15(14)27(2,23)24/h3-10H,11H2,1-2H3,(H,19,22). The van der Waals surface area contributed by atoms with Gasteiger partial charge in [-0.2, -0.15) is 0 Å². The highest BCUT2D eigenvalue weighted by molar-refractivity contribution is 7.99. The van der Waals surface area contributed by atoms with Gasteiger partial charge in [0.2, 0.25) is 11.8 Å². The summed E-state index contributed by atoms with van der Waals surface area (Å²) in [6.07, 6.45) is 1.10. The minimum absolute atomic E-state index is 0.00744. The summed E-state index contributed by atoms with van der Waals surface area (Å²) in [6, 6.07) is 13.9. The molecule has 0 aliphatic carbocycles. The number of hydrogen-bond donors (Lipinski definition) is 1. The predicted molar refractivity (Wildman–Crippen MR) is 103 cm³/mol. The first kappa shape index (κ1) is 19.1. The lowest BCUT2D eigenvalue weighted by Crippen LogP contribution is -2.16. The number of nitrogens with zero attached hydrogens (tertiary/aromatic N) is 2. The number of rotatable bonds is 6. The van der Waals surface area contributed by atoms with Crippen molar-refractivity contribution in [3.8, 4) is 11.5 Å². The molecule has 0 spiro atoms. The van der Waals surface area contributed by atoms with Gasteiger partial charge in [-0.05, 0) is 30.7 Å². The van der Waals surface area contributed by atoms with Crippen LogP contribution in [0.5, 0.6) is 0 Å². The maximum Gasteiger partial charge on any atom is 0.277 e. The second-order valence-electron chi connectivity index (χ2n) is 5.79. The van der Waals surface area contributed by atoms with Crippen molar-refractivity contribution in [2.45, 2.75) is 17.0 Å². The van der Waals surface area contributed by atoms with Crippen molar-refractivity contribution in [2.75, 3.05) is 17.3 Å². The highest BCUT2D eigenvalue weighted by atomic mass is 32.2. The molecule has 0 saturated heterocycles. The number of aryl methyl sites for hydroxylation is 1. The second kappa shape index (κ2) is 7.93. The number of hydrogen-bond acceptors (Lipinski definition) is 7. The van der Waals surface area contributed by atoms with E-state index < -0.39 is 9.84 Å². The molecule has 1 heterocycles. The number of thioether (sulfide) groups is 1. The van der Waals surface area contributed by atoms with Crippen LogP contribution in [0.2, 0.25) is 0 Å². The normalized spacial score (nSPS) is 11.3. The number of anilines is 1. The van der Waals surface area contributed by atoms with Crippen LogP contribution in [-0.4, -0.2) is 36.5 Å². The third-order valence-electron chi connectivity index (χ3n) is 3.67. The van der Waals surface area contributed by atoms with Crippen LogP contribution in [0.1, 0.15) is 5.56 Å². The Balaban J connectivity index is 1.65. The number of para-hydroxylation sites is 1. The van der Waals surface area contributed by atoms with E-state index in [1.165, 1.54) is 6.07 Å². The van der Waals surface area contributed by atoms with E-state index in [0.717, 1.165) is 29.1 Å². The molecule has 9 heteroatoms. The monoisotopic (exact) mass is 403 g/mol. The fraction of sp³-hybridized carbons (Fsp3) is 0.167. The lowest BCUT2D eigenvalue weighted by molar-refractivity contribution is -0.113. The van der Waals surface area contributed by atoms with Crippen molar-refractivity contribution in [1.29, 1.82) is 0 Å². The van der Waals surface area contributed by atoms with Gasteiger partial charge in [-0.3, -0.25) is 4.79 Å². The average molecular weight is 403 g/mol. The van der Waals surface area contributed by atoms with Gasteiger partial charge in [0.15, 0.2) is 9.84 Å². The fourth-order valence-electron chi connectivity index (χ4n) is 2.40. The number of benzene rings is 2. The molecule has 1 N–H and O–H groups in total. The highest BCUT2D eigenvalue weighted by Crippen LogP contribution is 2.26. The summed E-state index contributed by atoms with van der Waals surface area (Å²) in [6.45, 7) is 1.94. The van der Waals surface area contributed by atoms with Crippen LogP contribution in [0.4, 0.5) is 5.69 Å². The van der Waals surface area contributed by atoms with Crippen molar-refractivity contribution in [3.63, 3.8) is 0 Å². The highest BCUT2D eigenvalue weighted by Gasteiger charge is 2.16.